The van der Waals surface area contributed by atoms with E-state index < -0.39 is 0 Å². The number of aryl methyl sites for hydroxylation is 4. The molecule has 11 aliphatic rings. The van der Waals surface area contributed by atoms with Crippen LogP contribution in [0.5, 0.6) is 0 Å². The fraction of sp³-hybridized carbons (Fsp3) is 0.354. The molecule has 3 saturated carbocycles. The molecule has 5 aromatic rings. The Kier molecular flexibility index (Phi) is 20.2. The van der Waals surface area contributed by atoms with Crippen LogP contribution in [0.15, 0.2) is 293 Å². The Morgan fingerprint density at radius 1 is 0.427 bits per heavy atom. The summed E-state index contributed by atoms with van der Waals surface area (Å²) in [6.07, 6.45) is 74.5. The Morgan fingerprint density at radius 2 is 0.927 bits per heavy atom. The molecule has 3 fully saturated rings. The van der Waals surface area contributed by atoms with Gasteiger partial charge in [-0.25, -0.2) is 0 Å². The summed E-state index contributed by atoms with van der Waals surface area (Å²) in [5.74, 6) is 4.56. The molecule has 0 N–H and O–H groups in total. The van der Waals surface area contributed by atoms with Crippen LogP contribution in [0.4, 0.5) is 0 Å². The molecule has 3 unspecified atom stereocenters. The number of hydrogen-bond donors (Lipinski definition) is 0. The molecule has 0 aromatic heterocycles. The Labute approximate surface area is 578 Å². The van der Waals surface area contributed by atoms with Gasteiger partial charge in [-0.05, 0) is 288 Å². The first-order chi connectivity index (χ1) is 47.0. The van der Waals surface area contributed by atoms with Crippen molar-refractivity contribution in [2.45, 2.75) is 187 Å². The Morgan fingerprint density at radius 3 is 1.45 bits per heavy atom. The molecule has 16 rings (SSSR count). The third kappa shape index (κ3) is 14.9. The molecule has 0 radical (unpaired) electrons. The van der Waals surface area contributed by atoms with E-state index in [1.54, 1.807) is 16.7 Å². The van der Waals surface area contributed by atoms with Gasteiger partial charge in [0.05, 0.1) is 0 Å². The summed E-state index contributed by atoms with van der Waals surface area (Å²) in [5, 5.41) is 0. The Hall–Kier alpha value is -8.06. The van der Waals surface area contributed by atoms with Crippen LogP contribution in [0.3, 0.4) is 0 Å². The number of rotatable bonds is 16. The fourth-order valence-electron chi connectivity index (χ4n) is 17.5. The van der Waals surface area contributed by atoms with Crippen molar-refractivity contribution < 1.29 is 0 Å². The second-order valence-corrected chi connectivity index (χ2v) is 30.6. The highest BCUT2D eigenvalue weighted by Crippen LogP contribution is 2.52. The van der Waals surface area contributed by atoms with Gasteiger partial charge in [0.15, 0.2) is 0 Å². The molecule has 488 valence electrons. The maximum absolute atomic E-state index is 2.49. The van der Waals surface area contributed by atoms with Crippen molar-refractivity contribution in [3.05, 3.63) is 359 Å². The van der Waals surface area contributed by atoms with E-state index in [1.807, 2.05) is 0 Å². The van der Waals surface area contributed by atoms with Gasteiger partial charge in [0.25, 0.3) is 0 Å². The van der Waals surface area contributed by atoms with Gasteiger partial charge in [0.1, 0.15) is 0 Å². The smallest absolute Gasteiger partial charge is 0.0281 e. The van der Waals surface area contributed by atoms with E-state index in [1.165, 1.54) is 214 Å². The number of allylic oxidation sites excluding steroid dienone is 32. The van der Waals surface area contributed by atoms with Crippen molar-refractivity contribution >= 4 is 5.57 Å². The van der Waals surface area contributed by atoms with Gasteiger partial charge in [-0.2, -0.15) is 0 Å². The van der Waals surface area contributed by atoms with Crippen molar-refractivity contribution in [1.82, 2.24) is 0 Å². The SMILES string of the molecule is C1=CC2C(C3=CCCC=C3)=CC=C(Cc3cccc(C4CCCCC4)c3)C2=C1.Cc1cc(C2=CC=C(Cc3ccc(C4CCC(C(C)C)CC4)cc3)C3=CC=CC32)cc(C)c1C.Cc1ccc(C2(CCc3ccc(CC4=CC=C(C5=CCCC=C5)C5C=CC=C45)cc3)CC2)cc1. The lowest BCUT2D eigenvalue weighted by Crippen LogP contribution is -2.17. The van der Waals surface area contributed by atoms with Gasteiger partial charge in [-0.15, -0.1) is 0 Å². The average molecular weight is 1260 g/mol. The summed E-state index contributed by atoms with van der Waals surface area (Å²) in [4.78, 5) is 0. The monoisotopic (exact) mass is 1260 g/mol. The van der Waals surface area contributed by atoms with Gasteiger partial charge in [-0.1, -0.05) is 275 Å². The molecule has 0 bridgehead atoms. The van der Waals surface area contributed by atoms with Crippen LogP contribution in [-0.2, 0) is 31.1 Å². The van der Waals surface area contributed by atoms with E-state index in [0.29, 0.717) is 23.2 Å². The van der Waals surface area contributed by atoms with E-state index in [2.05, 4.69) is 278 Å². The molecule has 0 nitrogen and oxygen atoms in total. The summed E-state index contributed by atoms with van der Waals surface area (Å²) < 4.78 is 0. The summed E-state index contributed by atoms with van der Waals surface area (Å²) in [6.45, 7) is 13.6. The van der Waals surface area contributed by atoms with Gasteiger partial charge in [0.2, 0.25) is 0 Å². The summed E-state index contributed by atoms with van der Waals surface area (Å²) in [5.41, 5.74) is 33.8. The Balaban J connectivity index is 0.000000124. The zero-order valence-electron chi connectivity index (χ0n) is 58.7. The third-order valence-electron chi connectivity index (χ3n) is 24.0. The van der Waals surface area contributed by atoms with E-state index >= 15 is 0 Å². The highest BCUT2D eigenvalue weighted by Gasteiger charge is 2.43. The molecular weight excluding hydrogens is 1150 g/mol. The van der Waals surface area contributed by atoms with Crippen molar-refractivity contribution in [3.8, 4) is 0 Å². The molecule has 0 aliphatic heterocycles. The first kappa shape index (κ1) is 65.2. The first-order valence-electron chi connectivity index (χ1n) is 37.5. The lowest BCUT2D eigenvalue weighted by atomic mass is 9.74. The predicted molar refractivity (Wildman–Crippen MR) is 410 cm³/mol. The van der Waals surface area contributed by atoms with E-state index in [9.17, 15) is 0 Å². The minimum absolute atomic E-state index is 0.386. The number of benzene rings is 5. The molecule has 0 heterocycles. The summed E-state index contributed by atoms with van der Waals surface area (Å²) in [7, 11) is 0. The first-order valence-corrected chi connectivity index (χ1v) is 37.5. The molecule has 5 aromatic carbocycles. The molecular formula is C96H104. The van der Waals surface area contributed by atoms with Crippen LogP contribution in [0.1, 0.15) is 195 Å². The minimum atomic E-state index is 0.386. The van der Waals surface area contributed by atoms with Crippen LogP contribution in [0, 0.1) is 57.3 Å². The molecule has 3 atom stereocenters. The molecule has 0 spiro atoms. The number of hydrogen-bond acceptors (Lipinski definition) is 0. The lowest BCUT2D eigenvalue weighted by molar-refractivity contribution is 0.259. The van der Waals surface area contributed by atoms with Crippen molar-refractivity contribution in [3.63, 3.8) is 0 Å². The Bertz CT molecular complexity index is 4180. The zero-order valence-corrected chi connectivity index (χ0v) is 58.7. The van der Waals surface area contributed by atoms with Crippen LogP contribution < -0.4 is 0 Å². The van der Waals surface area contributed by atoms with Crippen molar-refractivity contribution in [1.29, 1.82) is 0 Å². The average Bonchev–Trinajstić information content (AvgIpc) is 1.65. The highest BCUT2D eigenvalue weighted by atomic mass is 14.5. The van der Waals surface area contributed by atoms with Crippen LogP contribution >= 0.6 is 0 Å². The minimum Gasteiger partial charge on any atom is -0.0836 e. The van der Waals surface area contributed by atoms with E-state index in [-0.39, 0.29) is 0 Å². The summed E-state index contributed by atoms with van der Waals surface area (Å²) >= 11 is 0. The van der Waals surface area contributed by atoms with Crippen LogP contribution in [0.25, 0.3) is 5.57 Å². The van der Waals surface area contributed by atoms with Gasteiger partial charge in [0, 0.05) is 17.8 Å². The van der Waals surface area contributed by atoms with Gasteiger partial charge >= 0.3 is 0 Å². The second kappa shape index (κ2) is 29.7. The zero-order chi connectivity index (χ0) is 65.5. The van der Waals surface area contributed by atoms with Crippen molar-refractivity contribution in [2.75, 3.05) is 0 Å². The van der Waals surface area contributed by atoms with Gasteiger partial charge < -0.3 is 0 Å². The van der Waals surface area contributed by atoms with Crippen LogP contribution in [-0.4, -0.2) is 0 Å². The van der Waals surface area contributed by atoms with Gasteiger partial charge in [-0.3, -0.25) is 0 Å². The normalized spacial score (nSPS) is 23.4. The van der Waals surface area contributed by atoms with Crippen molar-refractivity contribution in [2.24, 2.45) is 29.6 Å². The van der Waals surface area contributed by atoms with E-state index in [4.69, 9.17) is 0 Å². The standard InChI is InChI=1S/C34H34.C34H40.C28H30/c1-25-10-17-30(18-11-25)34(22-23-34)21-20-26-12-14-27(15-13-26)24-29-16-19-32(28-6-3-2-4-7-28)33-9-5-8-31(29)33;1-22(2)27-13-15-29(16-14-27)28-11-9-26(10-12-28)21-30-17-18-33(34-8-6-7-32(30)34)31-19-23(3)25(5)24(4)20-31;1-3-10-22(11-4-1)24-14-7-9-21(19-24)20-25-17-18-27(23-12-5-2-6-13-23)28-16-8-15-26(25)28/h3,5-19,33H,2,4,20-24H2,1H3;6-12,17-20,22,27,29,34H,13-16,21H2,1-5H3;5,7-9,12-19,22,28H,1-4,6,10-11,20H2. The fourth-order valence-corrected chi connectivity index (χ4v) is 17.5. The highest BCUT2D eigenvalue weighted by molar-refractivity contribution is 5.79. The quantitative estimate of drug-likeness (QED) is 0.0924. The summed E-state index contributed by atoms with van der Waals surface area (Å²) in [6, 6.07) is 42.4. The lowest BCUT2D eigenvalue weighted by Gasteiger charge is -2.31. The largest absolute Gasteiger partial charge is 0.0836 e. The third-order valence-corrected chi connectivity index (χ3v) is 24.0. The second-order valence-electron chi connectivity index (χ2n) is 30.6. The topological polar surface area (TPSA) is 0 Å². The molecule has 0 amide bonds. The molecule has 96 heavy (non-hydrogen) atoms. The number of fused-ring (bicyclic) bond motifs is 3. The molecule has 0 saturated heterocycles. The molecule has 0 heteroatoms. The predicted octanol–water partition coefficient (Wildman–Crippen LogP) is 25.2. The maximum Gasteiger partial charge on any atom is 0.0281 e. The molecule has 11 aliphatic carbocycles. The van der Waals surface area contributed by atoms with E-state index in [0.717, 1.165) is 49.4 Å². The van der Waals surface area contributed by atoms with Crippen LogP contribution in [0.2, 0.25) is 0 Å². The maximum atomic E-state index is 2.49.